The molecule has 4 rings (SSSR count). The number of anilines is 2. The van der Waals surface area contributed by atoms with E-state index in [4.69, 9.17) is 14.2 Å². The first-order valence-corrected chi connectivity index (χ1v) is 10.3. The summed E-state index contributed by atoms with van der Waals surface area (Å²) in [7, 11) is 1.58. The van der Waals surface area contributed by atoms with Crippen LogP contribution in [-0.2, 0) is 11.3 Å². The Kier molecular flexibility index (Phi) is 6.56. The number of nitrogens with zero attached hydrogens (tertiary/aromatic N) is 1. The van der Waals surface area contributed by atoms with Gasteiger partial charge in [0.05, 0.1) is 19.3 Å². The molecule has 1 N–H and O–H groups in total. The van der Waals surface area contributed by atoms with E-state index in [0.29, 0.717) is 24.7 Å². The number of ether oxygens (including phenoxy) is 3. The van der Waals surface area contributed by atoms with Crippen LogP contribution in [0.3, 0.4) is 0 Å². The molecule has 0 amide bonds. The second-order valence-electron chi connectivity index (χ2n) is 7.46. The van der Waals surface area contributed by atoms with Crippen LogP contribution in [0.4, 0.5) is 15.8 Å². The number of hydrogen-bond donors (Lipinski definition) is 1. The maximum Gasteiger partial charge on any atom is 0.335 e. The standard InChI is InChI=1S/C25H24FNO5/c1-30-22-12-11-21(15-23(22)32-24-6-3-13-31-24)27(16-17-4-2-5-19(26)14-17)20-9-7-18(8-10-20)25(28)29/h2,4-5,7-12,14-15,24H,3,6,13,16H2,1H3,(H,28,29). The van der Waals surface area contributed by atoms with E-state index in [2.05, 4.69) is 0 Å². The van der Waals surface area contributed by atoms with Gasteiger partial charge in [-0.2, -0.15) is 0 Å². The Morgan fingerprint density at radius 1 is 1.09 bits per heavy atom. The molecule has 1 aliphatic heterocycles. The van der Waals surface area contributed by atoms with Crippen molar-refractivity contribution in [3.63, 3.8) is 0 Å². The molecule has 3 aromatic carbocycles. The summed E-state index contributed by atoms with van der Waals surface area (Å²) in [5.74, 6) is -0.190. The summed E-state index contributed by atoms with van der Waals surface area (Å²) < 4.78 is 30.9. The molecule has 0 spiro atoms. The van der Waals surface area contributed by atoms with E-state index < -0.39 is 5.97 Å². The highest BCUT2D eigenvalue weighted by atomic mass is 19.1. The highest BCUT2D eigenvalue weighted by Crippen LogP contribution is 2.37. The molecule has 1 unspecified atom stereocenters. The highest BCUT2D eigenvalue weighted by molar-refractivity contribution is 5.88. The van der Waals surface area contributed by atoms with Gasteiger partial charge in [0, 0.05) is 30.4 Å². The maximum atomic E-state index is 13.8. The van der Waals surface area contributed by atoms with Gasteiger partial charge in [-0.25, -0.2) is 9.18 Å². The smallest absolute Gasteiger partial charge is 0.335 e. The van der Waals surface area contributed by atoms with Gasteiger partial charge in [0.25, 0.3) is 0 Å². The largest absolute Gasteiger partial charge is 0.493 e. The lowest BCUT2D eigenvalue weighted by Gasteiger charge is -2.27. The minimum atomic E-state index is -0.995. The SMILES string of the molecule is COc1ccc(N(Cc2cccc(F)c2)c2ccc(C(=O)O)cc2)cc1OC1CCCO1. The van der Waals surface area contributed by atoms with Crippen molar-refractivity contribution in [2.75, 3.05) is 18.6 Å². The third kappa shape index (κ3) is 5.00. The fraction of sp³-hybridized carbons (Fsp3) is 0.240. The lowest BCUT2D eigenvalue weighted by molar-refractivity contribution is -0.0402. The van der Waals surface area contributed by atoms with Crippen molar-refractivity contribution in [2.45, 2.75) is 25.7 Å². The van der Waals surface area contributed by atoms with Crippen LogP contribution < -0.4 is 14.4 Å². The molecular formula is C25H24FNO5. The molecule has 166 valence electrons. The zero-order valence-corrected chi connectivity index (χ0v) is 17.7. The molecule has 32 heavy (non-hydrogen) atoms. The van der Waals surface area contributed by atoms with Crippen molar-refractivity contribution in [3.8, 4) is 11.5 Å². The van der Waals surface area contributed by atoms with Gasteiger partial charge in [-0.15, -0.1) is 0 Å². The first kappa shape index (κ1) is 21.6. The Hall–Kier alpha value is -3.58. The average Bonchev–Trinajstić information content (AvgIpc) is 3.31. The molecule has 0 aromatic heterocycles. The van der Waals surface area contributed by atoms with Crippen LogP contribution in [0.5, 0.6) is 11.5 Å². The quantitative estimate of drug-likeness (QED) is 0.510. The molecule has 1 saturated heterocycles. The topological polar surface area (TPSA) is 68.2 Å². The van der Waals surface area contributed by atoms with Crippen molar-refractivity contribution in [3.05, 3.63) is 83.7 Å². The van der Waals surface area contributed by atoms with Crippen LogP contribution in [0.2, 0.25) is 0 Å². The van der Waals surface area contributed by atoms with Crippen molar-refractivity contribution in [1.82, 2.24) is 0 Å². The molecule has 0 radical (unpaired) electrons. The van der Waals surface area contributed by atoms with Gasteiger partial charge >= 0.3 is 5.97 Å². The number of carboxylic acids is 1. The third-order valence-electron chi connectivity index (χ3n) is 5.26. The maximum absolute atomic E-state index is 13.8. The molecule has 6 nitrogen and oxygen atoms in total. The van der Waals surface area contributed by atoms with Gasteiger partial charge in [0.1, 0.15) is 5.82 Å². The van der Waals surface area contributed by atoms with Gasteiger partial charge in [-0.05, 0) is 60.5 Å². The fourth-order valence-electron chi connectivity index (χ4n) is 3.64. The van der Waals surface area contributed by atoms with Gasteiger partial charge in [-0.3, -0.25) is 0 Å². The minimum absolute atomic E-state index is 0.191. The normalized spacial score (nSPS) is 15.4. The molecule has 0 aliphatic carbocycles. The first-order valence-electron chi connectivity index (χ1n) is 10.3. The molecule has 1 atom stereocenters. The van der Waals surface area contributed by atoms with Crippen LogP contribution in [0.25, 0.3) is 0 Å². The second-order valence-corrected chi connectivity index (χ2v) is 7.46. The molecule has 0 saturated carbocycles. The molecule has 0 bridgehead atoms. The monoisotopic (exact) mass is 437 g/mol. The predicted octanol–water partition coefficient (Wildman–Crippen LogP) is 5.39. The number of carboxylic acid groups (broad SMARTS) is 1. The Morgan fingerprint density at radius 3 is 2.53 bits per heavy atom. The number of benzene rings is 3. The summed E-state index contributed by atoms with van der Waals surface area (Å²) in [6.07, 6.45) is 1.41. The number of carbonyl (C=O) groups is 1. The summed E-state index contributed by atoms with van der Waals surface area (Å²) in [6, 6.07) is 18.5. The summed E-state index contributed by atoms with van der Waals surface area (Å²) in [5.41, 5.74) is 2.50. The molecular weight excluding hydrogens is 413 g/mol. The summed E-state index contributed by atoms with van der Waals surface area (Å²) in [6.45, 7) is 1.03. The number of methoxy groups -OCH3 is 1. The Balaban J connectivity index is 1.71. The van der Waals surface area contributed by atoms with Crippen molar-refractivity contribution >= 4 is 17.3 Å². The average molecular weight is 437 g/mol. The van der Waals surface area contributed by atoms with Crippen LogP contribution in [-0.4, -0.2) is 31.1 Å². The first-order chi connectivity index (χ1) is 15.5. The van der Waals surface area contributed by atoms with E-state index in [-0.39, 0.29) is 17.7 Å². The number of rotatable bonds is 8. The summed E-state index contributed by atoms with van der Waals surface area (Å²) in [4.78, 5) is 13.2. The fourth-order valence-corrected chi connectivity index (χ4v) is 3.64. The van der Waals surface area contributed by atoms with Crippen LogP contribution in [0.1, 0.15) is 28.8 Å². The van der Waals surface area contributed by atoms with Crippen LogP contribution in [0, 0.1) is 5.82 Å². The van der Waals surface area contributed by atoms with Crippen LogP contribution >= 0.6 is 0 Å². The lowest BCUT2D eigenvalue weighted by Crippen LogP contribution is -2.18. The van der Waals surface area contributed by atoms with Crippen molar-refractivity contribution < 1.29 is 28.5 Å². The molecule has 1 fully saturated rings. The van der Waals surface area contributed by atoms with E-state index >= 15 is 0 Å². The predicted molar refractivity (Wildman–Crippen MR) is 118 cm³/mol. The molecule has 3 aromatic rings. The van der Waals surface area contributed by atoms with Gasteiger partial charge < -0.3 is 24.2 Å². The molecule has 1 heterocycles. The Labute approximate surface area is 185 Å². The summed E-state index contributed by atoms with van der Waals surface area (Å²) in [5, 5.41) is 9.23. The Bertz CT molecular complexity index is 1080. The second kappa shape index (κ2) is 9.70. The third-order valence-corrected chi connectivity index (χ3v) is 5.26. The Morgan fingerprint density at radius 2 is 1.88 bits per heavy atom. The van der Waals surface area contributed by atoms with E-state index in [1.807, 2.05) is 29.2 Å². The highest BCUT2D eigenvalue weighted by Gasteiger charge is 2.21. The van der Waals surface area contributed by atoms with Gasteiger partial charge in [-0.1, -0.05) is 12.1 Å². The van der Waals surface area contributed by atoms with Crippen LogP contribution in [0.15, 0.2) is 66.7 Å². The number of halogens is 1. The van der Waals surface area contributed by atoms with Gasteiger partial charge in [0.15, 0.2) is 17.8 Å². The van der Waals surface area contributed by atoms with E-state index in [1.165, 1.54) is 12.1 Å². The van der Waals surface area contributed by atoms with Crippen molar-refractivity contribution in [2.24, 2.45) is 0 Å². The van der Waals surface area contributed by atoms with Gasteiger partial charge in [0.2, 0.25) is 0 Å². The van der Waals surface area contributed by atoms with E-state index in [9.17, 15) is 14.3 Å². The zero-order valence-electron chi connectivity index (χ0n) is 17.7. The van der Waals surface area contributed by atoms with E-state index in [0.717, 1.165) is 29.8 Å². The number of hydrogen-bond acceptors (Lipinski definition) is 5. The van der Waals surface area contributed by atoms with E-state index in [1.54, 1.807) is 37.4 Å². The van der Waals surface area contributed by atoms with Crippen molar-refractivity contribution in [1.29, 1.82) is 0 Å². The zero-order chi connectivity index (χ0) is 22.5. The minimum Gasteiger partial charge on any atom is -0.493 e. The molecule has 1 aliphatic rings. The molecule has 7 heteroatoms. The summed E-state index contributed by atoms with van der Waals surface area (Å²) >= 11 is 0. The number of aromatic carboxylic acids is 1. The lowest BCUT2D eigenvalue weighted by atomic mass is 10.1.